The molecule has 108 valence electrons. The van der Waals surface area contributed by atoms with Crippen molar-refractivity contribution in [3.05, 3.63) is 59.4 Å². The summed E-state index contributed by atoms with van der Waals surface area (Å²) in [5.41, 5.74) is 4.24. The van der Waals surface area contributed by atoms with Gasteiger partial charge in [0.25, 0.3) is 0 Å². The Kier molecular flexibility index (Phi) is 3.63. The topological polar surface area (TPSA) is 61.7 Å². The largest absolute Gasteiger partial charge is 0.496 e. The second kappa shape index (κ2) is 5.74. The third kappa shape index (κ3) is 2.57. The summed E-state index contributed by atoms with van der Waals surface area (Å²) in [6.45, 7) is 1.98. The van der Waals surface area contributed by atoms with E-state index in [9.17, 15) is 5.26 Å². The van der Waals surface area contributed by atoms with Crippen LogP contribution in [0.1, 0.15) is 17.0 Å². The molecule has 0 amide bonds. The van der Waals surface area contributed by atoms with Gasteiger partial charge in [-0.25, -0.2) is 4.98 Å². The molecule has 1 N–H and O–H groups in total. The SMILES string of the molecule is COc1ccc(C=C(C#N)c2nc3ccccc3[nH]2)cc1C. The third-order valence-electron chi connectivity index (χ3n) is 3.49. The number of nitrogens with one attached hydrogen (secondary N) is 1. The predicted octanol–water partition coefficient (Wildman–Crippen LogP) is 3.94. The molecule has 0 bridgehead atoms. The predicted molar refractivity (Wildman–Crippen MR) is 87.3 cm³/mol. The average molecular weight is 289 g/mol. The second-order valence-corrected chi connectivity index (χ2v) is 5.00. The third-order valence-corrected chi connectivity index (χ3v) is 3.49. The molecule has 0 saturated carbocycles. The summed E-state index contributed by atoms with van der Waals surface area (Å²) >= 11 is 0. The van der Waals surface area contributed by atoms with Gasteiger partial charge >= 0.3 is 0 Å². The van der Waals surface area contributed by atoms with Crippen LogP contribution in [0.5, 0.6) is 5.75 Å². The van der Waals surface area contributed by atoms with Gasteiger partial charge in [-0.2, -0.15) is 5.26 Å². The molecule has 0 radical (unpaired) electrons. The van der Waals surface area contributed by atoms with E-state index in [0.29, 0.717) is 11.4 Å². The van der Waals surface area contributed by atoms with Gasteiger partial charge in [-0.05, 0) is 48.4 Å². The molecule has 0 spiro atoms. The van der Waals surface area contributed by atoms with E-state index in [1.54, 1.807) is 7.11 Å². The van der Waals surface area contributed by atoms with Gasteiger partial charge in [-0.1, -0.05) is 18.2 Å². The fraction of sp³-hybridized carbons (Fsp3) is 0.111. The molecule has 3 aromatic rings. The first-order chi connectivity index (χ1) is 10.7. The highest BCUT2D eigenvalue weighted by molar-refractivity contribution is 5.90. The van der Waals surface area contributed by atoms with Gasteiger partial charge in [-0.3, -0.25) is 0 Å². The lowest BCUT2D eigenvalue weighted by atomic mass is 10.1. The Morgan fingerprint density at radius 1 is 1.27 bits per heavy atom. The average Bonchev–Trinajstić information content (AvgIpc) is 2.96. The molecule has 1 heterocycles. The quantitative estimate of drug-likeness (QED) is 0.743. The molecular formula is C18H15N3O. The molecule has 0 atom stereocenters. The molecule has 0 aliphatic carbocycles. The number of ether oxygens (including phenoxy) is 1. The van der Waals surface area contributed by atoms with Crippen LogP contribution in [0.15, 0.2) is 42.5 Å². The van der Waals surface area contributed by atoms with Gasteiger partial charge in [0.2, 0.25) is 0 Å². The Labute approximate surface area is 128 Å². The maximum Gasteiger partial charge on any atom is 0.149 e. The molecule has 1 aromatic heterocycles. The van der Waals surface area contributed by atoms with Crippen molar-refractivity contribution < 1.29 is 4.74 Å². The fourth-order valence-electron chi connectivity index (χ4n) is 2.39. The number of aromatic nitrogens is 2. The van der Waals surface area contributed by atoms with E-state index in [2.05, 4.69) is 16.0 Å². The standard InChI is InChI=1S/C18H15N3O/c1-12-9-13(7-8-17(12)22-2)10-14(11-19)18-20-15-5-3-4-6-16(15)21-18/h3-10H,1-2H3,(H,20,21). The summed E-state index contributed by atoms with van der Waals surface area (Å²) < 4.78 is 5.25. The van der Waals surface area contributed by atoms with E-state index in [0.717, 1.165) is 27.9 Å². The van der Waals surface area contributed by atoms with Crippen molar-refractivity contribution in [2.75, 3.05) is 7.11 Å². The van der Waals surface area contributed by atoms with Crippen LogP contribution in [0.4, 0.5) is 0 Å². The number of allylic oxidation sites excluding steroid dienone is 1. The first-order valence-corrected chi connectivity index (χ1v) is 6.93. The minimum atomic E-state index is 0.501. The number of para-hydroxylation sites is 2. The summed E-state index contributed by atoms with van der Waals surface area (Å²) in [5, 5.41) is 9.43. The molecule has 0 aliphatic heterocycles. The van der Waals surface area contributed by atoms with E-state index >= 15 is 0 Å². The zero-order chi connectivity index (χ0) is 15.5. The lowest BCUT2D eigenvalue weighted by Crippen LogP contribution is -1.88. The molecule has 4 heteroatoms. The van der Waals surface area contributed by atoms with E-state index < -0.39 is 0 Å². The number of aromatic amines is 1. The Morgan fingerprint density at radius 2 is 2.09 bits per heavy atom. The number of hydrogen-bond acceptors (Lipinski definition) is 3. The number of methoxy groups -OCH3 is 1. The highest BCUT2D eigenvalue weighted by Gasteiger charge is 2.08. The summed E-state index contributed by atoms with van der Waals surface area (Å²) in [6.07, 6.45) is 1.82. The molecule has 0 unspecified atom stereocenters. The van der Waals surface area contributed by atoms with E-state index in [4.69, 9.17) is 4.74 Å². The van der Waals surface area contributed by atoms with Crippen LogP contribution < -0.4 is 4.74 Å². The van der Waals surface area contributed by atoms with E-state index in [1.165, 1.54) is 0 Å². The van der Waals surface area contributed by atoms with Crippen LogP contribution in [-0.4, -0.2) is 17.1 Å². The number of imidazole rings is 1. The summed E-state index contributed by atoms with van der Waals surface area (Å²) in [6, 6.07) is 15.7. The molecule has 22 heavy (non-hydrogen) atoms. The van der Waals surface area contributed by atoms with Crippen LogP contribution >= 0.6 is 0 Å². The van der Waals surface area contributed by atoms with Crippen molar-refractivity contribution >= 4 is 22.7 Å². The number of aryl methyl sites for hydroxylation is 1. The number of hydrogen-bond donors (Lipinski definition) is 1. The normalized spacial score (nSPS) is 11.4. The van der Waals surface area contributed by atoms with Gasteiger partial charge < -0.3 is 9.72 Å². The zero-order valence-electron chi connectivity index (χ0n) is 12.4. The number of benzene rings is 2. The number of rotatable bonds is 3. The molecule has 0 aliphatic rings. The Bertz CT molecular complexity index is 867. The molecule has 2 aromatic carbocycles. The van der Waals surface area contributed by atoms with Crippen molar-refractivity contribution in [2.45, 2.75) is 6.92 Å². The number of nitrogens with zero attached hydrogens (tertiary/aromatic N) is 2. The molecular weight excluding hydrogens is 274 g/mol. The van der Waals surface area contributed by atoms with Crippen LogP contribution in [0.2, 0.25) is 0 Å². The van der Waals surface area contributed by atoms with Crippen LogP contribution in [0.25, 0.3) is 22.7 Å². The van der Waals surface area contributed by atoms with Gasteiger partial charge in [-0.15, -0.1) is 0 Å². The summed E-state index contributed by atoms with van der Waals surface area (Å²) in [7, 11) is 1.65. The van der Waals surface area contributed by atoms with Gasteiger partial charge in [0.15, 0.2) is 0 Å². The van der Waals surface area contributed by atoms with E-state index in [1.807, 2.05) is 55.5 Å². The van der Waals surface area contributed by atoms with Crippen molar-refractivity contribution in [3.63, 3.8) is 0 Å². The van der Waals surface area contributed by atoms with Crippen molar-refractivity contribution in [3.8, 4) is 11.8 Å². The Hall–Kier alpha value is -3.06. The lowest BCUT2D eigenvalue weighted by Gasteiger charge is -2.05. The van der Waals surface area contributed by atoms with Gasteiger partial charge in [0.05, 0.1) is 23.7 Å². The smallest absolute Gasteiger partial charge is 0.149 e. The van der Waals surface area contributed by atoms with Crippen molar-refractivity contribution in [2.24, 2.45) is 0 Å². The van der Waals surface area contributed by atoms with Gasteiger partial charge in [0.1, 0.15) is 17.6 Å². The molecule has 0 saturated heterocycles. The van der Waals surface area contributed by atoms with Crippen molar-refractivity contribution in [1.82, 2.24) is 9.97 Å². The van der Waals surface area contributed by atoms with Crippen LogP contribution in [0, 0.1) is 18.3 Å². The van der Waals surface area contributed by atoms with Crippen LogP contribution in [-0.2, 0) is 0 Å². The van der Waals surface area contributed by atoms with E-state index in [-0.39, 0.29) is 0 Å². The highest BCUT2D eigenvalue weighted by Crippen LogP contribution is 2.23. The monoisotopic (exact) mass is 289 g/mol. The lowest BCUT2D eigenvalue weighted by molar-refractivity contribution is 0.411. The maximum atomic E-state index is 9.43. The number of H-pyrrole nitrogens is 1. The molecule has 4 nitrogen and oxygen atoms in total. The number of fused-ring (bicyclic) bond motifs is 1. The minimum absolute atomic E-state index is 0.501. The summed E-state index contributed by atoms with van der Waals surface area (Å²) in [5.74, 6) is 1.41. The first kappa shape index (κ1) is 13.9. The Morgan fingerprint density at radius 3 is 2.77 bits per heavy atom. The van der Waals surface area contributed by atoms with Gasteiger partial charge in [0, 0.05) is 0 Å². The number of nitriles is 1. The summed E-state index contributed by atoms with van der Waals surface area (Å²) in [4.78, 5) is 7.64. The minimum Gasteiger partial charge on any atom is -0.496 e. The fourth-order valence-corrected chi connectivity index (χ4v) is 2.39. The molecule has 3 rings (SSSR count). The van der Waals surface area contributed by atoms with Crippen LogP contribution in [0.3, 0.4) is 0 Å². The first-order valence-electron chi connectivity index (χ1n) is 6.93. The second-order valence-electron chi connectivity index (χ2n) is 5.00. The Balaban J connectivity index is 2.03. The van der Waals surface area contributed by atoms with Crippen molar-refractivity contribution in [1.29, 1.82) is 5.26 Å². The highest BCUT2D eigenvalue weighted by atomic mass is 16.5. The maximum absolute atomic E-state index is 9.43. The zero-order valence-corrected chi connectivity index (χ0v) is 12.4. The molecule has 0 fully saturated rings.